The summed E-state index contributed by atoms with van der Waals surface area (Å²) in [4.78, 5) is 22.4. The lowest BCUT2D eigenvalue weighted by Gasteiger charge is -2.14. The number of carbonyl (C=O) groups is 2. The van der Waals surface area contributed by atoms with Crippen LogP contribution in [0.25, 0.3) is 0 Å². The molecule has 0 spiro atoms. The van der Waals surface area contributed by atoms with E-state index in [2.05, 4.69) is 4.74 Å². The first-order chi connectivity index (χ1) is 7.16. The van der Waals surface area contributed by atoms with Gasteiger partial charge in [-0.2, -0.15) is 0 Å². The minimum atomic E-state index is -2.09. The maximum absolute atomic E-state index is 13.3. The van der Waals surface area contributed by atoms with Gasteiger partial charge in [-0.25, -0.2) is 9.18 Å². The average Bonchev–Trinajstić information content (AvgIpc) is 2.54. The van der Waals surface area contributed by atoms with Crippen molar-refractivity contribution in [3.63, 3.8) is 0 Å². The number of ether oxygens (including phenoxy) is 1. The molecule has 0 amide bonds. The molecule has 0 aliphatic heterocycles. The lowest BCUT2D eigenvalue weighted by Crippen LogP contribution is -2.32. The quantitative estimate of drug-likeness (QED) is 0.412. The highest BCUT2D eigenvalue weighted by molar-refractivity contribution is 6.02. The Bertz CT molecular complexity index is 232. The largest absolute Gasteiger partial charge is 0.467 e. The van der Waals surface area contributed by atoms with Crippen LogP contribution in [0.3, 0.4) is 0 Å². The van der Waals surface area contributed by atoms with Crippen molar-refractivity contribution >= 4 is 11.8 Å². The average molecular weight is 216 g/mol. The predicted molar refractivity (Wildman–Crippen MR) is 53.1 cm³/mol. The predicted octanol–water partition coefficient (Wildman–Crippen LogP) is 2.04. The maximum Gasteiger partial charge on any atom is 0.348 e. The van der Waals surface area contributed by atoms with E-state index >= 15 is 0 Å². The highest BCUT2D eigenvalue weighted by Gasteiger charge is 2.33. The molecular weight excluding hydrogens is 199 g/mol. The summed E-state index contributed by atoms with van der Waals surface area (Å²) < 4.78 is 17.5. The van der Waals surface area contributed by atoms with E-state index in [0.29, 0.717) is 12.8 Å². The van der Waals surface area contributed by atoms with Crippen molar-refractivity contribution in [1.82, 2.24) is 0 Å². The summed E-state index contributed by atoms with van der Waals surface area (Å²) in [7, 11) is 1.09. The summed E-state index contributed by atoms with van der Waals surface area (Å²) in [5.74, 6) is -1.95. The molecule has 0 N–H and O–H groups in total. The van der Waals surface area contributed by atoms with Crippen LogP contribution in [0.15, 0.2) is 0 Å². The van der Waals surface area contributed by atoms with Crippen LogP contribution in [-0.4, -0.2) is 25.0 Å². The Kier molecular flexibility index (Phi) is 4.72. The Balaban J connectivity index is 2.53. The molecule has 3 nitrogen and oxygen atoms in total. The van der Waals surface area contributed by atoms with Crippen molar-refractivity contribution in [2.45, 2.75) is 44.7 Å². The molecule has 0 radical (unpaired) electrons. The van der Waals surface area contributed by atoms with Gasteiger partial charge in [-0.15, -0.1) is 0 Å². The highest BCUT2D eigenvalue weighted by atomic mass is 19.1. The van der Waals surface area contributed by atoms with Gasteiger partial charge in [-0.05, 0) is 12.8 Å². The van der Waals surface area contributed by atoms with E-state index in [-0.39, 0.29) is 5.92 Å². The Labute approximate surface area is 89.0 Å². The molecular formula is C11H17FO3. The summed E-state index contributed by atoms with van der Waals surface area (Å²) in [6, 6.07) is 0. The molecule has 86 valence electrons. The van der Waals surface area contributed by atoms with E-state index in [1.165, 1.54) is 0 Å². The Hall–Kier alpha value is -0.930. The van der Waals surface area contributed by atoms with E-state index in [4.69, 9.17) is 0 Å². The Morgan fingerprint density at radius 3 is 2.20 bits per heavy atom. The van der Waals surface area contributed by atoms with Gasteiger partial charge in [0, 0.05) is 5.92 Å². The summed E-state index contributed by atoms with van der Waals surface area (Å²) in [5.41, 5.74) is 0. The molecule has 1 saturated carbocycles. The van der Waals surface area contributed by atoms with Crippen LogP contribution in [0.2, 0.25) is 0 Å². The van der Waals surface area contributed by atoms with Crippen LogP contribution in [0, 0.1) is 5.92 Å². The molecule has 0 heterocycles. The van der Waals surface area contributed by atoms with Crippen molar-refractivity contribution in [1.29, 1.82) is 0 Å². The minimum Gasteiger partial charge on any atom is -0.467 e. The molecule has 15 heavy (non-hydrogen) atoms. The van der Waals surface area contributed by atoms with E-state index in [9.17, 15) is 14.0 Å². The minimum absolute atomic E-state index is 0.290. The van der Waals surface area contributed by atoms with Gasteiger partial charge in [-0.3, -0.25) is 4.79 Å². The van der Waals surface area contributed by atoms with Crippen LogP contribution < -0.4 is 0 Å². The molecule has 1 unspecified atom stereocenters. The molecule has 1 rings (SSSR count). The number of methoxy groups -OCH3 is 1. The standard InChI is InChI=1S/C11H17FO3/c1-15-11(14)9(12)10(13)8-6-4-2-3-5-7-8/h8-9H,2-7H2,1H3. The molecule has 0 saturated heterocycles. The Morgan fingerprint density at radius 2 is 1.73 bits per heavy atom. The monoisotopic (exact) mass is 216 g/mol. The zero-order valence-electron chi connectivity index (χ0n) is 9.00. The molecule has 0 aromatic rings. The first-order valence-electron chi connectivity index (χ1n) is 5.42. The summed E-state index contributed by atoms with van der Waals surface area (Å²) in [5, 5.41) is 0. The Morgan fingerprint density at radius 1 is 1.20 bits per heavy atom. The molecule has 1 aliphatic carbocycles. The number of esters is 1. The van der Waals surface area contributed by atoms with E-state index in [1.807, 2.05) is 0 Å². The number of alkyl halides is 1. The topological polar surface area (TPSA) is 43.4 Å². The number of Topliss-reactive ketones (excluding diaryl/α,β-unsaturated/α-hetero) is 1. The fourth-order valence-corrected chi connectivity index (χ4v) is 1.99. The summed E-state index contributed by atoms with van der Waals surface area (Å²) in [6.07, 6.45) is 3.41. The number of ketones is 1. The van der Waals surface area contributed by atoms with E-state index < -0.39 is 17.9 Å². The second-order valence-corrected chi connectivity index (χ2v) is 3.98. The smallest absolute Gasteiger partial charge is 0.348 e. The van der Waals surface area contributed by atoms with Crippen LogP contribution >= 0.6 is 0 Å². The first-order valence-corrected chi connectivity index (χ1v) is 5.42. The summed E-state index contributed by atoms with van der Waals surface area (Å²) in [6.45, 7) is 0. The van der Waals surface area contributed by atoms with Crippen molar-refractivity contribution in [2.24, 2.45) is 5.92 Å². The van der Waals surface area contributed by atoms with Crippen molar-refractivity contribution in [3.05, 3.63) is 0 Å². The second kappa shape index (κ2) is 5.83. The molecule has 1 aliphatic rings. The number of rotatable bonds is 3. The van der Waals surface area contributed by atoms with Gasteiger partial charge in [0.05, 0.1) is 7.11 Å². The van der Waals surface area contributed by atoms with Crippen molar-refractivity contribution < 1.29 is 18.7 Å². The fraction of sp³-hybridized carbons (Fsp3) is 0.818. The first kappa shape index (κ1) is 12.1. The van der Waals surface area contributed by atoms with Gasteiger partial charge < -0.3 is 4.74 Å². The third kappa shape index (κ3) is 3.29. The molecule has 0 bridgehead atoms. The SMILES string of the molecule is COC(=O)C(F)C(=O)C1CCCCCC1. The van der Waals surface area contributed by atoms with Crippen LogP contribution in [0.1, 0.15) is 38.5 Å². The highest BCUT2D eigenvalue weighted by Crippen LogP contribution is 2.25. The van der Waals surface area contributed by atoms with Crippen LogP contribution in [0.5, 0.6) is 0 Å². The zero-order chi connectivity index (χ0) is 11.3. The maximum atomic E-state index is 13.3. The van der Waals surface area contributed by atoms with Gasteiger partial charge in [0.25, 0.3) is 6.17 Å². The van der Waals surface area contributed by atoms with E-state index in [1.54, 1.807) is 0 Å². The van der Waals surface area contributed by atoms with E-state index in [0.717, 1.165) is 32.8 Å². The third-order valence-electron chi connectivity index (χ3n) is 2.92. The van der Waals surface area contributed by atoms with Gasteiger partial charge >= 0.3 is 5.97 Å². The lowest BCUT2D eigenvalue weighted by molar-refractivity contribution is -0.151. The molecule has 0 aromatic heterocycles. The van der Waals surface area contributed by atoms with Crippen LogP contribution in [0.4, 0.5) is 4.39 Å². The summed E-state index contributed by atoms with van der Waals surface area (Å²) >= 11 is 0. The van der Waals surface area contributed by atoms with Crippen molar-refractivity contribution in [2.75, 3.05) is 7.11 Å². The third-order valence-corrected chi connectivity index (χ3v) is 2.92. The normalized spacial score (nSPS) is 20.4. The lowest BCUT2D eigenvalue weighted by atomic mass is 9.93. The van der Waals surface area contributed by atoms with Crippen molar-refractivity contribution in [3.8, 4) is 0 Å². The molecule has 4 heteroatoms. The second-order valence-electron chi connectivity index (χ2n) is 3.98. The molecule has 1 atom stereocenters. The van der Waals surface area contributed by atoms with Gasteiger partial charge in [-0.1, -0.05) is 25.7 Å². The number of hydrogen-bond donors (Lipinski definition) is 0. The number of halogens is 1. The molecule has 1 fully saturated rings. The zero-order valence-corrected chi connectivity index (χ0v) is 9.00. The number of hydrogen-bond acceptors (Lipinski definition) is 3. The van der Waals surface area contributed by atoms with Gasteiger partial charge in [0.15, 0.2) is 5.78 Å². The van der Waals surface area contributed by atoms with Crippen LogP contribution in [-0.2, 0) is 14.3 Å². The fourth-order valence-electron chi connectivity index (χ4n) is 1.99. The van der Waals surface area contributed by atoms with Gasteiger partial charge in [0.2, 0.25) is 0 Å². The van der Waals surface area contributed by atoms with Gasteiger partial charge in [0.1, 0.15) is 0 Å². The number of carbonyl (C=O) groups excluding carboxylic acids is 2. The molecule has 0 aromatic carbocycles.